The lowest BCUT2D eigenvalue weighted by Gasteiger charge is -2.06. The van der Waals surface area contributed by atoms with E-state index in [-0.39, 0.29) is 17.6 Å². The molecule has 2 aromatic rings. The molecule has 3 N–H and O–H groups in total. The first kappa shape index (κ1) is 18.0. The van der Waals surface area contributed by atoms with Gasteiger partial charge in [0.15, 0.2) is 0 Å². The number of carbonyl (C=O) groups is 2. The Morgan fingerprint density at radius 2 is 1.78 bits per heavy atom. The number of benzene rings is 1. The van der Waals surface area contributed by atoms with Crippen molar-refractivity contribution in [1.82, 2.24) is 10.6 Å². The first-order chi connectivity index (χ1) is 11.0. The number of rotatable bonds is 6. The number of thiophene rings is 1. The average molecular weight is 462 g/mol. The summed E-state index contributed by atoms with van der Waals surface area (Å²) >= 11 is 8.04. The van der Waals surface area contributed by atoms with Gasteiger partial charge in [0.05, 0.1) is 8.66 Å². The van der Waals surface area contributed by atoms with E-state index in [2.05, 4.69) is 42.5 Å². The van der Waals surface area contributed by atoms with Crippen LogP contribution in [0.25, 0.3) is 0 Å². The third-order valence-electron chi connectivity index (χ3n) is 2.90. The lowest BCUT2D eigenvalue weighted by Crippen LogP contribution is -2.29. The summed E-state index contributed by atoms with van der Waals surface area (Å²) in [6.45, 7) is 0.902. The van der Waals surface area contributed by atoms with Gasteiger partial charge in [-0.15, -0.1) is 11.3 Å². The molecule has 0 atom stereocenters. The smallest absolute Gasteiger partial charge is 0.261 e. The molecular weight excluding hydrogens is 448 g/mol. The summed E-state index contributed by atoms with van der Waals surface area (Å²) in [7, 11) is 0. The molecule has 122 valence electrons. The Labute approximate surface area is 154 Å². The molecule has 0 saturated carbocycles. The molecule has 0 spiro atoms. The third-order valence-corrected chi connectivity index (χ3v) is 6.16. The van der Waals surface area contributed by atoms with E-state index in [4.69, 9.17) is 0 Å². The fourth-order valence-electron chi connectivity index (χ4n) is 1.79. The summed E-state index contributed by atoms with van der Waals surface area (Å²) in [6, 6.07) is 7.91. The molecule has 0 aliphatic rings. The Morgan fingerprint density at radius 3 is 2.39 bits per heavy atom. The predicted molar refractivity (Wildman–Crippen MR) is 97.1 cm³/mol. The van der Waals surface area contributed by atoms with Crippen LogP contribution in [0.4, 0.5) is 0 Å². The fraction of sp³-hybridized carbons (Fsp3) is 0.200. The first-order valence-corrected chi connectivity index (χ1v) is 9.18. The van der Waals surface area contributed by atoms with Crippen molar-refractivity contribution in [2.45, 2.75) is 6.42 Å². The van der Waals surface area contributed by atoms with Gasteiger partial charge in [-0.25, -0.2) is 0 Å². The van der Waals surface area contributed by atoms with Crippen LogP contribution < -0.4 is 10.6 Å². The van der Waals surface area contributed by atoms with Crippen LogP contribution >= 0.6 is 43.2 Å². The van der Waals surface area contributed by atoms with Crippen molar-refractivity contribution in [3.63, 3.8) is 0 Å². The van der Waals surface area contributed by atoms with Crippen molar-refractivity contribution in [2.24, 2.45) is 0 Å². The molecule has 8 heteroatoms. The summed E-state index contributed by atoms with van der Waals surface area (Å²) in [6.07, 6.45) is 0.615. The van der Waals surface area contributed by atoms with E-state index in [9.17, 15) is 14.7 Å². The molecule has 0 aliphatic heterocycles. The van der Waals surface area contributed by atoms with Gasteiger partial charge >= 0.3 is 0 Å². The van der Waals surface area contributed by atoms with E-state index in [1.165, 1.54) is 23.5 Å². The third kappa shape index (κ3) is 5.33. The summed E-state index contributed by atoms with van der Waals surface area (Å²) in [4.78, 5) is 24.4. The van der Waals surface area contributed by atoms with Crippen molar-refractivity contribution in [3.05, 3.63) is 49.0 Å². The molecule has 2 amide bonds. The Morgan fingerprint density at radius 1 is 1.09 bits per heavy atom. The van der Waals surface area contributed by atoms with Crippen LogP contribution in [0.3, 0.4) is 0 Å². The van der Waals surface area contributed by atoms with E-state index < -0.39 is 0 Å². The Kier molecular flexibility index (Phi) is 6.61. The summed E-state index contributed by atoms with van der Waals surface area (Å²) in [5, 5.41) is 14.9. The van der Waals surface area contributed by atoms with Gasteiger partial charge in [-0.05, 0) is 62.5 Å². The Hall–Kier alpha value is -1.38. The highest BCUT2D eigenvalue weighted by molar-refractivity contribution is 9.13. The van der Waals surface area contributed by atoms with E-state index in [1.54, 1.807) is 18.2 Å². The van der Waals surface area contributed by atoms with Gasteiger partial charge in [0.1, 0.15) is 5.75 Å². The number of hydrogen-bond donors (Lipinski definition) is 3. The SMILES string of the molecule is O=C(NCCCNC(=O)c1cc(Br)c(Br)s1)c1cccc(O)c1. The van der Waals surface area contributed by atoms with Crippen molar-refractivity contribution in [1.29, 1.82) is 0 Å². The van der Waals surface area contributed by atoms with Crippen LogP contribution in [-0.2, 0) is 0 Å². The molecule has 5 nitrogen and oxygen atoms in total. The number of nitrogens with one attached hydrogen (secondary N) is 2. The van der Waals surface area contributed by atoms with Crippen LogP contribution in [0.5, 0.6) is 5.75 Å². The molecule has 0 bridgehead atoms. The van der Waals surface area contributed by atoms with Crippen molar-refractivity contribution >= 4 is 55.0 Å². The van der Waals surface area contributed by atoms with Crippen LogP contribution in [0.2, 0.25) is 0 Å². The number of hydrogen-bond acceptors (Lipinski definition) is 4. The largest absolute Gasteiger partial charge is 0.508 e. The number of aromatic hydroxyl groups is 1. The highest BCUT2D eigenvalue weighted by atomic mass is 79.9. The molecule has 0 fully saturated rings. The van der Waals surface area contributed by atoms with E-state index in [0.717, 1.165) is 8.26 Å². The van der Waals surface area contributed by atoms with E-state index in [0.29, 0.717) is 30.0 Å². The number of phenolic OH excluding ortho intramolecular Hbond substituents is 1. The average Bonchev–Trinajstić information content (AvgIpc) is 2.86. The highest BCUT2D eigenvalue weighted by Crippen LogP contribution is 2.32. The van der Waals surface area contributed by atoms with E-state index in [1.807, 2.05) is 0 Å². The van der Waals surface area contributed by atoms with Crippen LogP contribution in [0, 0.1) is 0 Å². The van der Waals surface area contributed by atoms with Crippen LogP contribution in [-0.4, -0.2) is 30.0 Å². The number of carbonyl (C=O) groups excluding carboxylic acids is 2. The minimum Gasteiger partial charge on any atom is -0.508 e. The standard InChI is InChI=1S/C15H14Br2N2O3S/c16-11-8-12(23-13(11)17)15(22)19-6-2-5-18-14(21)9-3-1-4-10(20)7-9/h1,3-4,7-8,20H,2,5-6H2,(H,18,21)(H,19,22). The van der Waals surface area contributed by atoms with Crippen molar-refractivity contribution < 1.29 is 14.7 Å². The van der Waals surface area contributed by atoms with Crippen molar-refractivity contribution in [3.8, 4) is 5.75 Å². The number of phenols is 1. The van der Waals surface area contributed by atoms with Gasteiger partial charge in [0.2, 0.25) is 0 Å². The van der Waals surface area contributed by atoms with Gasteiger partial charge in [-0.3, -0.25) is 9.59 Å². The summed E-state index contributed by atoms with van der Waals surface area (Å²) in [5.74, 6) is -0.336. The molecule has 1 aromatic heterocycles. The molecule has 23 heavy (non-hydrogen) atoms. The minimum absolute atomic E-state index is 0.0539. The molecule has 0 saturated heterocycles. The molecule has 2 rings (SSSR count). The van der Waals surface area contributed by atoms with E-state index >= 15 is 0 Å². The maximum Gasteiger partial charge on any atom is 0.261 e. The minimum atomic E-state index is -0.252. The highest BCUT2D eigenvalue weighted by Gasteiger charge is 2.11. The topological polar surface area (TPSA) is 78.4 Å². The second-order valence-electron chi connectivity index (χ2n) is 4.65. The second-order valence-corrected chi connectivity index (χ2v) is 7.87. The van der Waals surface area contributed by atoms with Crippen molar-refractivity contribution in [2.75, 3.05) is 13.1 Å². The zero-order chi connectivity index (χ0) is 16.8. The number of halogens is 2. The maximum absolute atomic E-state index is 11.9. The Bertz CT molecular complexity index is 699. The molecule has 0 unspecified atom stereocenters. The zero-order valence-electron chi connectivity index (χ0n) is 11.9. The second kappa shape index (κ2) is 8.47. The maximum atomic E-state index is 11.9. The predicted octanol–water partition coefficient (Wildman–Crippen LogP) is 3.53. The van der Waals surface area contributed by atoms with Gasteiger partial charge < -0.3 is 15.7 Å². The fourth-order valence-corrected chi connectivity index (χ4v) is 3.74. The van der Waals surface area contributed by atoms with Crippen LogP contribution in [0.1, 0.15) is 26.5 Å². The Balaban J connectivity index is 1.69. The molecule has 0 aliphatic carbocycles. The van der Waals surface area contributed by atoms with Gasteiger partial charge in [-0.1, -0.05) is 6.07 Å². The van der Waals surface area contributed by atoms with Gasteiger partial charge in [0.25, 0.3) is 11.8 Å². The summed E-state index contributed by atoms with van der Waals surface area (Å²) < 4.78 is 1.73. The lowest BCUT2D eigenvalue weighted by atomic mass is 10.2. The zero-order valence-corrected chi connectivity index (χ0v) is 15.9. The molecule has 1 aromatic carbocycles. The first-order valence-electron chi connectivity index (χ1n) is 6.77. The molecule has 0 radical (unpaired) electrons. The van der Waals surface area contributed by atoms with Gasteiger partial charge in [0, 0.05) is 23.1 Å². The quantitative estimate of drug-likeness (QED) is 0.576. The monoisotopic (exact) mass is 460 g/mol. The lowest BCUT2D eigenvalue weighted by molar-refractivity contribution is 0.0952. The molecule has 1 heterocycles. The normalized spacial score (nSPS) is 10.3. The van der Waals surface area contributed by atoms with Gasteiger partial charge in [-0.2, -0.15) is 0 Å². The molecular formula is C15H14Br2N2O3S. The summed E-state index contributed by atoms with van der Waals surface area (Å²) in [5.41, 5.74) is 0.405. The number of amides is 2. The van der Waals surface area contributed by atoms with Crippen LogP contribution in [0.15, 0.2) is 38.6 Å².